The molecule has 7 heteroatoms. The van der Waals surface area contributed by atoms with Crippen molar-refractivity contribution in [2.45, 2.75) is 6.54 Å². The van der Waals surface area contributed by atoms with Gasteiger partial charge in [-0.15, -0.1) is 5.10 Å². The quantitative estimate of drug-likeness (QED) is 0.660. The van der Waals surface area contributed by atoms with Gasteiger partial charge in [-0.2, -0.15) is 10.1 Å². The lowest BCUT2D eigenvalue weighted by Gasteiger charge is -2.36. The van der Waals surface area contributed by atoms with E-state index in [1.807, 2.05) is 43.4 Å². The van der Waals surface area contributed by atoms with E-state index in [0.717, 1.165) is 49.3 Å². The van der Waals surface area contributed by atoms with E-state index in [9.17, 15) is 0 Å². The summed E-state index contributed by atoms with van der Waals surface area (Å²) in [5.41, 5.74) is 2.39. The normalized spacial score (nSPS) is 14.2. The number of halogens is 1. The average molecular weight is 395 g/mol. The van der Waals surface area contributed by atoms with Crippen LogP contribution in [0.4, 0.5) is 17.5 Å². The van der Waals surface area contributed by atoms with Crippen LogP contribution in [-0.2, 0) is 6.54 Å². The number of benzene rings is 2. The second-order valence-electron chi connectivity index (χ2n) is 6.91. The summed E-state index contributed by atoms with van der Waals surface area (Å²) in [6.45, 7) is 4.27. The molecule has 0 radical (unpaired) electrons. The SMILES string of the molecule is CN(Cc1ccccc1)c1cnnc(N2CCN(c3cccc(Cl)c3)CC2)n1. The zero-order chi connectivity index (χ0) is 19.3. The third-order valence-corrected chi connectivity index (χ3v) is 5.16. The molecule has 4 rings (SSSR count). The van der Waals surface area contributed by atoms with Crippen LogP contribution in [0.3, 0.4) is 0 Å². The predicted molar refractivity (Wildman–Crippen MR) is 114 cm³/mol. The summed E-state index contributed by atoms with van der Waals surface area (Å²) in [4.78, 5) is 11.4. The number of hydrogen-bond donors (Lipinski definition) is 0. The van der Waals surface area contributed by atoms with Gasteiger partial charge in [0.2, 0.25) is 5.95 Å². The monoisotopic (exact) mass is 394 g/mol. The van der Waals surface area contributed by atoms with Crippen LogP contribution in [0.15, 0.2) is 60.8 Å². The van der Waals surface area contributed by atoms with Gasteiger partial charge in [-0.05, 0) is 23.8 Å². The first-order valence-electron chi connectivity index (χ1n) is 9.39. The summed E-state index contributed by atoms with van der Waals surface area (Å²) in [5.74, 6) is 1.51. The zero-order valence-electron chi connectivity index (χ0n) is 15.9. The van der Waals surface area contributed by atoms with Crippen molar-refractivity contribution < 1.29 is 0 Å². The summed E-state index contributed by atoms with van der Waals surface area (Å²) >= 11 is 6.12. The first-order chi connectivity index (χ1) is 13.7. The third-order valence-electron chi connectivity index (χ3n) is 4.92. The van der Waals surface area contributed by atoms with Crippen molar-refractivity contribution in [1.82, 2.24) is 15.2 Å². The van der Waals surface area contributed by atoms with Crippen LogP contribution in [0.1, 0.15) is 5.56 Å². The number of aromatic nitrogens is 3. The largest absolute Gasteiger partial charge is 0.368 e. The molecule has 6 nitrogen and oxygen atoms in total. The van der Waals surface area contributed by atoms with Crippen molar-refractivity contribution in [3.05, 3.63) is 71.4 Å². The highest BCUT2D eigenvalue weighted by Crippen LogP contribution is 2.22. The van der Waals surface area contributed by atoms with Gasteiger partial charge in [0.25, 0.3) is 0 Å². The molecule has 0 amide bonds. The maximum Gasteiger partial charge on any atom is 0.247 e. The first-order valence-corrected chi connectivity index (χ1v) is 9.77. The smallest absolute Gasteiger partial charge is 0.247 e. The molecule has 0 unspecified atom stereocenters. The highest BCUT2D eigenvalue weighted by atomic mass is 35.5. The lowest BCUT2D eigenvalue weighted by molar-refractivity contribution is 0.634. The zero-order valence-corrected chi connectivity index (χ0v) is 16.6. The van der Waals surface area contributed by atoms with Gasteiger partial charge in [0.05, 0.1) is 6.20 Å². The number of anilines is 3. The van der Waals surface area contributed by atoms with Crippen molar-refractivity contribution in [2.24, 2.45) is 0 Å². The maximum absolute atomic E-state index is 6.12. The molecule has 3 aromatic rings. The topological polar surface area (TPSA) is 48.4 Å². The van der Waals surface area contributed by atoms with E-state index in [4.69, 9.17) is 16.6 Å². The van der Waals surface area contributed by atoms with Gasteiger partial charge in [0, 0.05) is 50.5 Å². The second-order valence-corrected chi connectivity index (χ2v) is 7.35. The van der Waals surface area contributed by atoms with E-state index < -0.39 is 0 Å². The van der Waals surface area contributed by atoms with E-state index in [1.54, 1.807) is 6.20 Å². The highest BCUT2D eigenvalue weighted by molar-refractivity contribution is 6.30. The summed E-state index contributed by atoms with van der Waals surface area (Å²) in [6.07, 6.45) is 1.72. The minimum atomic E-state index is 0.683. The Morgan fingerprint density at radius 1 is 0.964 bits per heavy atom. The van der Waals surface area contributed by atoms with E-state index in [0.29, 0.717) is 5.95 Å². The Morgan fingerprint density at radius 3 is 2.46 bits per heavy atom. The van der Waals surface area contributed by atoms with Crippen LogP contribution >= 0.6 is 11.6 Å². The van der Waals surface area contributed by atoms with Crippen molar-refractivity contribution in [3.63, 3.8) is 0 Å². The third kappa shape index (κ3) is 4.34. The summed E-state index contributed by atoms with van der Waals surface area (Å²) in [7, 11) is 2.03. The molecule has 0 spiro atoms. The lowest BCUT2D eigenvalue weighted by atomic mass is 10.2. The molecular weight excluding hydrogens is 372 g/mol. The van der Waals surface area contributed by atoms with Crippen LogP contribution < -0.4 is 14.7 Å². The fourth-order valence-corrected chi connectivity index (χ4v) is 3.56. The fourth-order valence-electron chi connectivity index (χ4n) is 3.38. The second kappa shape index (κ2) is 8.44. The van der Waals surface area contributed by atoms with Gasteiger partial charge in [0.15, 0.2) is 5.82 Å². The molecule has 2 aromatic carbocycles. The molecular formula is C21H23ClN6. The van der Waals surface area contributed by atoms with Crippen LogP contribution in [0.25, 0.3) is 0 Å². The van der Waals surface area contributed by atoms with Crippen molar-refractivity contribution in [2.75, 3.05) is 47.9 Å². The molecule has 144 valence electrons. The molecule has 1 saturated heterocycles. The standard InChI is InChI=1S/C21H23ClN6/c1-26(16-17-6-3-2-4-7-17)20-15-23-25-21(24-20)28-12-10-27(11-13-28)19-9-5-8-18(22)14-19/h2-9,14-15H,10-13,16H2,1H3. The summed E-state index contributed by atoms with van der Waals surface area (Å²) in [6, 6.07) is 18.3. The minimum Gasteiger partial charge on any atom is -0.368 e. The van der Waals surface area contributed by atoms with E-state index in [2.05, 4.69) is 43.1 Å². The van der Waals surface area contributed by atoms with Crippen molar-refractivity contribution >= 4 is 29.1 Å². The number of nitrogens with zero attached hydrogens (tertiary/aromatic N) is 6. The number of hydrogen-bond acceptors (Lipinski definition) is 6. The van der Waals surface area contributed by atoms with Gasteiger partial charge in [-0.25, -0.2) is 0 Å². The lowest BCUT2D eigenvalue weighted by Crippen LogP contribution is -2.47. The Hall–Kier alpha value is -2.86. The van der Waals surface area contributed by atoms with Gasteiger partial charge >= 0.3 is 0 Å². The summed E-state index contributed by atoms with van der Waals surface area (Å²) < 4.78 is 0. The van der Waals surface area contributed by atoms with Crippen molar-refractivity contribution in [3.8, 4) is 0 Å². The number of rotatable bonds is 5. The van der Waals surface area contributed by atoms with Crippen LogP contribution in [0.5, 0.6) is 0 Å². The highest BCUT2D eigenvalue weighted by Gasteiger charge is 2.20. The van der Waals surface area contributed by atoms with Gasteiger partial charge in [-0.1, -0.05) is 48.0 Å². The Kier molecular flexibility index (Phi) is 5.58. The Labute approximate surface area is 170 Å². The molecule has 1 fully saturated rings. The van der Waals surface area contributed by atoms with Crippen LogP contribution in [0, 0.1) is 0 Å². The van der Waals surface area contributed by atoms with Crippen LogP contribution in [-0.4, -0.2) is 48.4 Å². The molecule has 1 aromatic heterocycles. The summed E-state index contributed by atoms with van der Waals surface area (Å²) in [5, 5.41) is 9.21. The van der Waals surface area contributed by atoms with E-state index in [-0.39, 0.29) is 0 Å². The molecule has 1 aliphatic rings. The Bertz CT molecular complexity index is 912. The fraction of sp³-hybridized carbons (Fsp3) is 0.286. The van der Waals surface area contributed by atoms with Gasteiger partial charge in [0.1, 0.15) is 0 Å². The Balaban J connectivity index is 1.41. The maximum atomic E-state index is 6.12. The first kappa shape index (κ1) is 18.5. The molecule has 0 N–H and O–H groups in total. The molecule has 2 heterocycles. The molecule has 1 aliphatic heterocycles. The van der Waals surface area contributed by atoms with E-state index in [1.165, 1.54) is 5.56 Å². The van der Waals surface area contributed by atoms with Gasteiger partial charge in [-0.3, -0.25) is 0 Å². The van der Waals surface area contributed by atoms with Crippen LogP contribution in [0.2, 0.25) is 5.02 Å². The molecule has 0 aliphatic carbocycles. The van der Waals surface area contributed by atoms with Gasteiger partial charge < -0.3 is 14.7 Å². The predicted octanol–water partition coefficient (Wildman–Crippen LogP) is 3.49. The molecule has 0 saturated carbocycles. The van der Waals surface area contributed by atoms with Crippen molar-refractivity contribution in [1.29, 1.82) is 0 Å². The Morgan fingerprint density at radius 2 is 1.71 bits per heavy atom. The molecule has 0 bridgehead atoms. The molecule has 28 heavy (non-hydrogen) atoms. The molecule has 0 atom stereocenters. The average Bonchev–Trinajstić information content (AvgIpc) is 2.75. The van der Waals surface area contributed by atoms with E-state index >= 15 is 0 Å². The number of piperazine rings is 1. The minimum absolute atomic E-state index is 0.683.